The van der Waals surface area contributed by atoms with Gasteiger partial charge in [-0.25, -0.2) is 4.79 Å². The summed E-state index contributed by atoms with van der Waals surface area (Å²) in [6.45, 7) is 1.70. The van der Waals surface area contributed by atoms with E-state index in [0.29, 0.717) is 6.42 Å². The van der Waals surface area contributed by atoms with Crippen LogP contribution in [0.25, 0.3) is 0 Å². The molecule has 3 amide bonds. The molecule has 0 fully saturated rings. The van der Waals surface area contributed by atoms with Crippen LogP contribution in [0.2, 0.25) is 0 Å². The Balaban J connectivity index is 3.83. The predicted molar refractivity (Wildman–Crippen MR) is 56.5 cm³/mol. The molecule has 0 heterocycles. The molecule has 0 aliphatic carbocycles. The van der Waals surface area contributed by atoms with Gasteiger partial charge in [0.25, 0.3) is 0 Å². The van der Waals surface area contributed by atoms with Crippen molar-refractivity contribution in [3.8, 4) is 12.3 Å². The minimum atomic E-state index is -1.09. The van der Waals surface area contributed by atoms with Crippen LogP contribution in [0.5, 0.6) is 0 Å². The van der Waals surface area contributed by atoms with Crippen molar-refractivity contribution in [1.29, 1.82) is 0 Å². The maximum Gasteiger partial charge on any atom is 0.321 e. The molecule has 3 N–H and O–H groups in total. The van der Waals surface area contributed by atoms with E-state index in [9.17, 15) is 14.4 Å². The first-order chi connectivity index (χ1) is 7.45. The van der Waals surface area contributed by atoms with E-state index in [0.717, 1.165) is 0 Å². The number of hydrogen-bond acceptors (Lipinski definition) is 3. The number of carboxylic acid groups (broad SMARTS) is 1. The second-order valence-corrected chi connectivity index (χ2v) is 3.22. The monoisotopic (exact) mass is 226 g/mol. The molecule has 6 heteroatoms. The maximum absolute atomic E-state index is 11.1. The van der Waals surface area contributed by atoms with Crippen LogP contribution in [0.3, 0.4) is 0 Å². The fraction of sp³-hybridized carbons (Fsp3) is 0.500. The standard InChI is InChI=1S/C10H14N2O4/c1-3-4-7(2)11-10(16)12-8(13)5-6-9(14)15/h1,7H,4-6H2,2H3,(H,14,15)(H2,11,12,13,16). The zero-order chi connectivity index (χ0) is 12.6. The highest BCUT2D eigenvalue weighted by molar-refractivity contribution is 5.95. The largest absolute Gasteiger partial charge is 0.481 e. The molecule has 1 atom stereocenters. The second-order valence-electron chi connectivity index (χ2n) is 3.22. The summed E-state index contributed by atoms with van der Waals surface area (Å²) in [4.78, 5) is 32.3. The van der Waals surface area contributed by atoms with Gasteiger partial charge < -0.3 is 10.4 Å². The minimum absolute atomic E-state index is 0.230. The first-order valence-electron chi connectivity index (χ1n) is 4.71. The van der Waals surface area contributed by atoms with Crippen LogP contribution in [0.4, 0.5) is 4.79 Å². The van der Waals surface area contributed by atoms with Crippen molar-refractivity contribution in [3.63, 3.8) is 0 Å². The third kappa shape index (κ3) is 7.38. The lowest BCUT2D eigenvalue weighted by molar-refractivity contribution is -0.138. The zero-order valence-corrected chi connectivity index (χ0v) is 8.95. The molecule has 0 aliphatic rings. The quantitative estimate of drug-likeness (QED) is 0.579. The smallest absolute Gasteiger partial charge is 0.321 e. The summed E-state index contributed by atoms with van der Waals surface area (Å²) in [6.07, 6.45) is 4.85. The Kier molecular flexibility index (Phi) is 6.36. The second kappa shape index (κ2) is 7.29. The fourth-order valence-corrected chi connectivity index (χ4v) is 0.897. The Morgan fingerprint density at radius 3 is 2.50 bits per heavy atom. The first kappa shape index (κ1) is 14.0. The predicted octanol–water partition coefficient (Wildman–Crippen LogP) is 0.0888. The van der Waals surface area contributed by atoms with Crippen LogP contribution in [-0.4, -0.2) is 29.1 Å². The van der Waals surface area contributed by atoms with Gasteiger partial charge in [0.2, 0.25) is 5.91 Å². The molecule has 0 bridgehead atoms. The number of aliphatic carboxylic acids is 1. The highest BCUT2D eigenvalue weighted by Gasteiger charge is 2.11. The van der Waals surface area contributed by atoms with Crippen molar-refractivity contribution in [2.45, 2.75) is 32.2 Å². The van der Waals surface area contributed by atoms with E-state index >= 15 is 0 Å². The number of amides is 3. The SMILES string of the molecule is C#CCC(C)NC(=O)NC(=O)CCC(=O)O. The van der Waals surface area contributed by atoms with Crippen LogP contribution in [0.1, 0.15) is 26.2 Å². The van der Waals surface area contributed by atoms with E-state index in [1.54, 1.807) is 6.92 Å². The van der Waals surface area contributed by atoms with Crippen molar-refractivity contribution >= 4 is 17.9 Å². The van der Waals surface area contributed by atoms with E-state index in [2.05, 4.69) is 11.2 Å². The summed E-state index contributed by atoms with van der Waals surface area (Å²) in [7, 11) is 0. The molecule has 0 radical (unpaired) electrons. The lowest BCUT2D eigenvalue weighted by Crippen LogP contribution is -2.43. The summed E-state index contributed by atoms with van der Waals surface area (Å²) in [6, 6.07) is -0.907. The summed E-state index contributed by atoms with van der Waals surface area (Å²) in [5, 5.41) is 12.8. The molecular formula is C10H14N2O4. The Morgan fingerprint density at radius 2 is 2.00 bits per heavy atom. The highest BCUT2D eigenvalue weighted by Crippen LogP contribution is 1.90. The number of carbonyl (C=O) groups excluding carboxylic acids is 2. The van der Waals surface area contributed by atoms with E-state index in [1.807, 2.05) is 5.32 Å². The molecule has 16 heavy (non-hydrogen) atoms. The Morgan fingerprint density at radius 1 is 1.38 bits per heavy atom. The molecule has 0 aromatic heterocycles. The van der Waals surface area contributed by atoms with Gasteiger partial charge in [-0.2, -0.15) is 0 Å². The van der Waals surface area contributed by atoms with Gasteiger partial charge in [0, 0.05) is 18.9 Å². The number of terminal acetylenes is 1. The average Bonchev–Trinajstić information content (AvgIpc) is 2.14. The molecule has 6 nitrogen and oxygen atoms in total. The normalized spacial score (nSPS) is 11.0. The third-order valence-corrected chi connectivity index (χ3v) is 1.62. The van der Waals surface area contributed by atoms with E-state index in [-0.39, 0.29) is 18.9 Å². The summed E-state index contributed by atoms with van der Waals surface area (Å²) in [5.41, 5.74) is 0. The molecular weight excluding hydrogens is 212 g/mol. The summed E-state index contributed by atoms with van der Waals surface area (Å²) in [5.74, 6) is 0.643. The minimum Gasteiger partial charge on any atom is -0.481 e. The van der Waals surface area contributed by atoms with Crippen molar-refractivity contribution in [2.24, 2.45) is 0 Å². The van der Waals surface area contributed by atoms with Crippen LogP contribution in [0, 0.1) is 12.3 Å². The van der Waals surface area contributed by atoms with Crippen molar-refractivity contribution in [3.05, 3.63) is 0 Å². The number of carbonyl (C=O) groups is 3. The number of carboxylic acids is 1. The van der Waals surface area contributed by atoms with Crippen LogP contribution < -0.4 is 10.6 Å². The summed E-state index contributed by atoms with van der Waals surface area (Å²) < 4.78 is 0. The molecule has 0 spiro atoms. The van der Waals surface area contributed by atoms with Gasteiger partial charge in [0.15, 0.2) is 0 Å². The zero-order valence-electron chi connectivity index (χ0n) is 8.95. The topological polar surface area (TPSA) is 95.5 Å². The van der Waals surface area contributed by atoms with E-state index < -0.39 is 17.9 Å². The number of nitrogens with one attached hydrogen (secondary N) is 2. The molecule has 0 aromatic carbocycles. The Hall–Kier alpha value is -2.03. The maximum atomic E-state index is 11.1. The molecule has 0 aromatic rings. The van der Waals surface area contributed by atoms with Crippen molar-refractivity contribution in [1.82, 2.24) is 10.6 Å². The van der Waals surface area contributed by atoms with Gasteiger partial charge in [0.05, 0.1) is 6.42 Å². The first-order valence-corrected chi connectivity index (χ1v) is 4.71. The molecule has 0 rings (SSSR count). The summed E-state index contributed by atoms with van der Waals surface area (Å²) >= 11 is 0. The van der Waals surface area contributed by atoms with Gasteiger partial charge >= 0.3 is 12.0 Å². The van der Waals surface area contributed by atoms with Crippen molar-refractivity contribution in [2.75, 3.05) is 0 Å². The van der Waals surface area contributed by atoms with Crippen LogP contribution in [0.15, 0.2) is 0 Å². The van der Waals surface area contributed by atoms with E-state index in [1.165, 1.54) is 0 Å². The van der Waals surface area contributed by atoms with Gasteiger partial charge in [0.1, 0.15) is 0 Å². The fourth-order valence-electron chi connectivity index (χ4n) is 0.897. The number of urea groups is 1. The van der Waals surface area contributed by atoms with Gasteiger partial charge in [-0.15, -0.1) is 12.3 Å². The molecule has 88 valence electrons. The third-order valence-electron chi connectivity index (χ3n) is 1.62. The number of hydrogen-bond donors (Lipinski definition) is 3. The molecule has 0 aliphatic heterocycles. The molecule has 1 unspecified atom stereocenters. The molecule has 0 saturated carbocycles. The van der Waals surface area contributed by atoms with Gasteiger partial charge in [-0.3, -0.25) is 14.9 Å². The van der Waals surface area contributed by atoms with Crippen molar-refractivity contribution < 1.29 is 19.5 Å². The van der Waals surface area contributed by atoms with Crippen LogP contribution >= 0.6 is 0 Å². The van der Waals surface area contributed by atoms with Gasteiger partial charge in [-0.1, -0.05) is 0 Å². The highest BCUT2D eigenvalue weighted by atomic mass is 16.4. The average molecular weight is 226 g/mol. The number of rotatable bonds is 5. The molecule has 0 saturated heterocycles. The lowest BCUT2D eigenvalue weighted by Gasteiger charge is -2.10. The van der Waals surface area contributed by atoms with Gasteiger partial charge in [-0.05, 0) is 6.92 Å². The number of imide groups is 1. The lowest BCUT2D eigenvalue weighted by atomic mass is 10.2. The Labute approximate surface area is 93.4 Å². The Bertz CT molecular complexity index is 319. The van der Waals surface area contributed by atoms with E-state index in [4.69, 9.17) is 11.5 Å². The van der Waals surface area contributed by atoms with Crippen LogP contribution in [-0.2, 0) is 9.59 Å².